The molecule has 22 heavy (non-hydrogen) atoms. The molecule has 0 unspecified atom stereocenters. The minimum atomic E-state index is -0.652. The summed E-state index contributed by atoms with van der Waals surface area (Å²) in [6, 6.07) is 5.63. The van der Waals surface area contributed by atoms with Gasteiger partial charge in [0.05, 0.1) is 11.6 Å². The molecule has 1 aliphatic heterocycles. The molecule has 1 aromatic carbocycles. The van der Waals surface area contributed by atoms with E-state index in [4.69, 9.17) is 16.3 Å². The van der Waals surface area contributed by atoms with E-state index in [1.165, 1.54) is 0 Å². The smallest absolute Gasteiger partial charge is 0.131 e. The third kappa shape index (κ3) is 2.45. The topological polar surface area (TPSA) is 54.4 Å². The summed E-state index contributed by atoms with van der Waals surface area (Å²) < 4.78 is 6.05. The molecule has 0 spiro atoms. The van der Waals surface area contributed by atoms with E-state index in [0.29, 0.717) is 5.15 Å². The van der Waals surface area contributed by atoms with Crippen LogP contribution in [0.25, 0.3) is 10.9 Å². The third-order valence-electron chi connectivity index (χ3n) is 4.28. The number of aliphatic hydroxyl groups is 1. The molecule has 118 valence electrons. The van der Waals surface area contributed by atoms with E-state index >= 15 is 0 Å². The van der Waals surface area contributed by atoms with Gasteiger partial charge in [-0.2, -0.15) is 0 Å². The SMILES string of the molecule is CCN[C@H]1c2cc3nc(Cl)cc(C)c3cc2OC(C)(C)[C@@H]1O. The number of nitrogens with one attached hydrogen (secondary N) is 1. The van der Waals surface area contributed by atoms with E-state index in [1.54, 1.807) is 0 Å². The molecule has 2 aromatic rings. The number of ether oxygens (including phenoxy) is 1. The Bertz CT molecular complexity index is 730. The zero-order valence-electron chi connectivity index (χ0n) is 13.3. The van der Waals surface area contributed by atoms with Gasteiger partial charge in [0, 0.05) is 10.9 Å². The third-order valence-corrected chi connectivity index (χ3v) is 4.47. The maximum atomic E-state index is 10.6. The lowest BCUT2D eigenvalue weighted by Crippen LogP contribution is -2.52. The summed E-state index contributed by atoms with van der Waals surface area (Å²) in [5, 5.41) is 15.5. The second-order valence-corrected chi connectivity index (χ2v) is 6.74. The van der Waals surface area contributed by atoms with E-state index < -0.39 is 11.7 Å². The fourth-order valence-corrected chi connectivity index (χ4v) is 3.34. The lowest BCUT2D eigenvalue weighted by atomic mass is 9.86. The summed E-state index contributed by atoms with van der Waals surface area (Å²) in [5.74, 6) is 0.793. The van der Waals surface area contributed by atoms with Crippen LogP contribution in [0.4, 0.5) is 0 Å². The second kappa shape index (κ2) is 5.37. The summed E-state index contributed by atoms with van der Waals surface area (Å²) >= 11 is 6.07. The van der Waals surface area contributed by atoms with Gasteiger partial charge in [0.2, 0.25) is 0 Å². The Balaban J connectivity index is 2.24. The molecule has 2 heterocycles. The minimum Gasteiger partial charge on any atom is -0.485 e. The van der Waals surface area contributed by atoms with Crippen molar-refractivity contribution in [3.63, 3.8) is 0 Å². The van der Waals surface area contributed by atoms with Crippen molar-refractivity contribution in [2.75, 3.05) is 6.54 Å². The molecular formula is C17H21ClN2O2. The molecule has 5 heteroatoms. The van der Waals surface area contributed by atoms with Crippen LogP contribution in [0.5, 0.6) is 5.75 Å². The fraction of sp³-hybridized carbons (Fsp3) is 0.471. The van der Waals surface area contributed by atoms with E-state index in [2.05, 4.69) is 10.3 Å². The average Bonchev–Trinajstić information content (AvgIpc) is 2.43. The Morgan fingerprint density at radius 3 is 2.77 bits per heavy atom. The van der Waals surface area contributed by atoms with Crippen molar-refractivity contribution in [3.05, 3.63) is 34.5 Å². The zero-order chi connectivity index (χ0) is 16.1. The van der Waals surface area contributed by atoms with E-state index in [-0.39, 0.29) is 6.04 Å². The number of aromatic nitrogens is 1. The van der Waals surface area contributed by atoms with Crippen molar-refractivity contribution in [1.29, 1.82) is 0 Å². The molecule has 0 saturated carbocycles. The van der Waals surface area contributed by atoms with Gasteiger partial charge in [0.15, 0.2) is 0 Å². The Labute approximate surface area is 135 Å². The monoisotopic (exact) mass is 320 g/mol. The summed E-state index contributed by atoms with van der Waals surface area (Å²) in [5.41, 5.74) is 2.16. The van der Waals surface area contributed by atoms with Gasteiger partial charge in [-0.25, -0.2) is 4.98 Å². The number of aliphatic hydroxyl groups excluding tert-OH is 1. The van der Waals surface area contributed by atoms with Crippen molar-refractivity contribution in [2.45, 2.75) is 45.4 Å². The first-order chi connectivity index (χ1) is 10.3. The molecule has 0 saturated heterocycles. The van der Waals surface area contributed by atoms with Crippen molar-refractivity contribution in [1.82, 2.24) is 10.3 Å². The fourth-order valence-electron chi connectivity index (χ4n) is 3.08. The number of likely N-dealkylation sites (N-methyl/N-ethyl adjacent to an activating group) is 1. The van der Waals surface area contributed by atoms with Gasteiger partial charge in [0.25, 0.3) is 0 Å². The molecule has 0 amide bonds. The largest absolute Gasteiger partial charge is 0.485 e. The highest BCUT2D eigenvalue weighted by Crippen LogP contribution is 2.42. The molecule has 0 bridgehead atoms. The maximum absolute atomic E-state index is 10.6. The Hall–Kier alpha value is -1.36. The number of aryl methyl sites for hydroxylation is 1. The quantitative estimate of drug-likeness (QED) is 0.833. The first-order valence-corrected chi connectivity index (χ1v) is 7.92. The van der Waals surface area contributed by atoms with Gasteiger partial charge in [-0.3, -0.25) is 0 Å². The standard InChI is InChI=1S/C17H21ClN2O2/c1-5-19-15-11-7-12-10(9(2)6-14(18)20-12)8-13(11)22-17(3,4)16(15)21/h6-8,15-16,19,21H,5H2,1-4H3/t15-,16+/m0/s1. The first-order valence-electron chi connectivity index (χ1n) is 7.54. The average molecular weight is 321 g/mol. The number of halogens is 1. The van der Waals surface area contributed by atoms with Gasteiger partial charge in [-0.05, 0) is 51.1 Å². The van der Waals surface area contributed by atoms with Crippen LogP contribution in [-0.4, -0.2) is 28.3 Å². The summed E-state index contributed by atoms with van der Waals surface area (Å²) in [7, 11) is 0. The highest BCUT2D eigenvalue weighted by atomic mass is 35.5. The van der Waals surface area contributed by atoms with Crippen LogP contribution in [0.2, 0.25) is 5.15 Å². The van der Waals surface area contributed by atoms with Crippen LogP contribution < -0.4 is 10.1 Å². The second-order valence-electron chi connectivity index (χ2n) is 6.35. The number of hydrogen-bond acceptors (Lipinski definition) is 4. The van der Waals surface area contributed by atoms with Crippen LogP contribution in [0.15, 0.2) is 18.2 Å². The molecule has 4 nitrogen and oxygen atoms in total. The van der Waals surface area contributed by atoms with Gasteiger partial charge in [-0.15, -0.1) is 0 Å². The highest BCUT2D eigenvalue weighted by Gasteiger charge is 2.42. The van der Waals surface area contributed by atoms with Gasteiger partial charge < -0.3 is 15.2 Å². The minimum absolute atomic E-state index is 0.186. The Morgan fingerprint density at radius 1 is 1.36 bits per heavy atom. The molecule has 0 radical (unpaired) electrons. The Kier molecular flexibility index (Phi) is 3.79. The summed E-state index contributed by atoms with van der Waals surface area (Å²) in [6.45, 7) is 8.60. The summed E-state index contributed by atoms with van der Waals surface area (Å²) in [6.07, 6.45) is -0.641. The molecule has 0 aliphatic carbocycles. The molecule has 1 aromatic heterocycles. The first kappa shape index (κ1) is 15.5. The van der Waals surface area contributed by atoms with E-state index in [0.717, 1.165) is 34.3 Å². The van der Waals surface area contributed by atoms with E-state index in [1.807, 2.05) is 45.9 Å². The van der Waals surface area contributed by atoms with Crippen LogP contribution in [0.1, 0.15) is 37.9 Å². The molecule has 2 N–H and O–H groups in total. The lowest BCUT2D eigenvalue weighted by molar-refractivity contribution is -0.0640. The van der Waals surface area contributed by atoms with Gasteiger partial charge >= 0.3 is 0 Å². The Morgan fingerprint density at radius 2 is 2.09 bits per heavy atom. The van der Waals surface area contributed by atoms with Crippen LogP contribution in [0.3, 0.4) is 0 Å². The number of hydrogen-bond donors (Lipinski definition) is 2. The number of pyridine rings is 1. The zero-order valence-corrected chi connectivity index (χ0v) is 14.0. The van der Waals surface area contributed by atoms with Crippen LogP contribution in [-0.2, 0) is 0 Å². The van der Waals surface area contributed by atoms with E-state index in [9.17, 15) is 5.11 Å². The normalized spacial score (nSPS) is 23.2. The van der Waals surface area contributed by atoms with Crippen molar-refractivity contribution in [2.24, 2.45) is 0 Å². The molecular weight excluding hydrogens is 300 g/mol. The number of benzene rings is 1. The predicted molar refractivity (Wildman–Crippen MR) is 88.6 cm³/mol. The van der Waals surface area contributed by atoms with Crippen LogP contribution in [0, 0.1) is 6.92 Å². The highest BCUT2D eigenvalue weighted by molar-refractivity contribution is 6.29. The summed E-state index contributed by atoms with van der Waals surface area (Å²) in [4.78, 5) is 4.40. The van der Waals surface area contributed by atoms with Crippen molar-refractivity contribution in [3.8, 4) is 5.75 Å². The van der Waals surface area contributed by atoms with Crippen molar-refractivity contribution < 1.29 is 9.84 Å². The number of nitrogens with zero attached hydrogens (tertiary/aromatic N) is 1. The lowest BCUT2D eigenvalue weighted by Gasteiger charge is -2.42. The van der Waals surface area contributed by atoms with Gasteiger partial charge in [-0.1, -0.05) is 18.5 Å². The van der Waals surface area contributed by atoms with Crippen molar-refractivity contribution >= 4 is 22.5 Å². The number of fused-ring (bicyclic) bond motifs is 2. The molecule has 1 aliphatic rings. The predicted octanol–water partition coefficient (Wildman–Crippen LogP) is 3.38. The maximum Gasteiger partial charge on any atom is 0.131 e. The molecule has 2 atom stereocenters. The molecule has 0 fully saturated rings. The van der Waals surface area contributed by atoms with Crippen LogP contribution >= 0.6 is 11.6 Å². The number of rotatable bonds is 2. The molecule has 3 rings (SSSR count). The van der Waals surface area contributed by atoms with Gasteiger partial charge in [0.1, 0.15) is 22.6 Å².